The van der Waals surface area contributed by atoms with Crippen LogP contribution in [0, 0.1) is 5.82 Å². The summed E-state index contributed by atoms with van der Waals surface area (Å²) in [5.74, 6) is -0.149. The summed E-state index contributed by atoms with van der Waals surface area (Å²) in [5.41, 5.74) is 2.64. The van der Waals surface area contributed by atoms with Crippen molar-refractivity contribution in [2.75, 3.05) is 45.2 Å². The Morgan fingerprint density at radius 2 is 2.00 bits per heavy atom. The molecule has 2 aliphatic rings. The quantitative estimate of drug-likeness (QED) is 0.211. The van der Waals surface area contributed by atoms with Crippen molar-refractivity contribution in [3.05, 3.63) is 83.5 Å². The van der Waals surface area contributed by atoms with Crippen LogP contribution in [0.3, 0.4) is 0 Å². The number of aromatic nitrogens is 5. The zero-order chi connectivity index (χ0) is 33.3. The first-order valence-corrected chi connectivity index (χ1v) is 16.3. The van der Waals surface area contributed by atoms with E-state index in [1.54, 1.807) is 66.3 Å². The summed E-state index contributed by atoms with van der Waals surface area (Å²) in [7, 11) is 1.51. The van der Waals surface area contributed by atoms with Crippen LogP contribution < -0.4 is 5.32 Å². The summed E-state index contributed by atoms with van der Waals surface area (Å²) in [6.07, 6.45) is 8.39. The van der Waals surface area contributed by atoms with Crippen molar-refractivity contribution in [1.29, 1.82) is 0 Å². The molecule has 2 amide bonds. The molecule has 1 saturated heterocycles. The summed E-state index contributed by atoms with van der Waals surface area (Å²) < 4.78 is 19.8. The number of hydrogen-bond donors (Lipinski definition) is 3. The van der Waals surface area contributed by atoms with E-state index >= 15 is 0 Å². The third kappa shape index (κ3) is 6.22. The monoisotopic (exact) mass is 668 g/mol. The molecule has 0 bridgehead atoms. The van der Waals surface area contributed by atoms with E-state index in [-0.39, 0.29) is 30.5 Å². The van der Waals surface area contributed by atoms with E-state index in [0.29, 0.717) is 55.2 Å². The van der Waals surface area contributed by atoms with E-state index in [9.17, 15) is 19.1 Å². The largest absolute Gasteiger partial charge is 0.392 e. The van der Waals surface area contributed by atoms with Gasteiger partial charge in [0.1, 0.15) is 10.8 Å². The molecule has 2 aliphatic heterocycles. The molecule has 0 spiro atoms. The van der Waals surface area contributed by atoms with Crippen molar-refractivity contribution in [2.45, 2.75) is 25.0 Å². The molecular weight excluding hydrogens is 635 g/mol. The van der Waals surface area contributed by atoms with Crippen molar-refractivity contribution >= 4 is 45.3 Å². The standard InChI is InChI=1S/C34H33FN8O4S/c1-47-34(33(46)39-24-4-6-27-25(16-24)30(41-40-27)22-3-5-26(35)23(15-22)19-44)9-14-42(20-34)18-29(45)43-12-7-21(8-13-43)32-38-17-28(48-32)31-36-10-2-11-37-31/h2-7,10-11,15-17,44H,8-9,12-14,18-20H2,1H3,(H,39,46)(H,40,41)/t34-/m0/s1. The van der Waals surface area contributed by atoms with Gasteiger partial charge in [0.2, 0.25) is 5.91 Å². The fourth-order valence-electron chi connectivity index (χ4n) is 6.17. The summed E-state index contributed by atoms with van der Waals surface area (Å²) in [6, 6.07) is 11.6. The van der Waals surface area contributed by atoms with Gasteiger partial charge in [0.05, 0.1) is 29.2 Å². The fourth-order valence-corrected chi connectivity index (χ4v) is 7.10. The minimum absolute atomic E-state index is 0.00166. The molecule has 2 aromatic carbocycles. The van der Waals surface area contributed by atoms with Crippen molar-refractivity contribution in [3.8, 4) is 22.0 Å². The number of nitrogens with zero attached hydrogens (tertiary/aromatic N) is 6. The number of nitrogens with one attached hydrogen (secondary N) is 2. The number of H-pyrrole nitrogens is 1. The second-order valence-corrected chi connectivity index (χ2v) is 12.9. The maximum atomic E-state index is 14.0. The Kier molecular flexibility index (Phi) is 8.79. The normalized spacial score (nSPS) is 18.3. The molecule has 0 unspecified atom stereocenters. The molecule has 12 nitrogen and oxygen atoms in total. The molecule has 3 aromatic heterocycles. The van der Waals surface area contributed by atoms with Crippen molar-refractivity contribution in [3.63, 3.8) is 0 Å². The Labute approximate surface area is 279 Å². The summed E-state index contributed by atoms with van der Waals surface area (Å²) in [5, 5.41) is 21.5. The van der Waals surface area contributed by atoms with Gasteiger partial charge in [-0.2, -0.15) is 5.10 Å². The molecule has 48 heavy (non-hydrogen) atoms. The van der Waals surface area contributed by atoms with Crippen molar-refractivity contribution in [2.24, 2.45) is 0 Å². The first-order valence-electron chi connectivity index (χ1n) is 15.5. The van der Waals surface area contributed by atoms with Crippen LogP contribution in [0.1, 0.15) is 23.4 Å². The minimum atomic E-state index is -1.12. The Balaban J connectivity index is 0.976. The molecular formula is C34H33FN8O4S. The predicted molar refractivity (Wildman–Crippen MR) is 179 cm³/mol. The number of ether oxygens (including phenoxy) is 1. The Morgan fingerprint density at radius 1 is 1.15 bits per heavy atom. The lowest BCUT2D eigenvalue weighted by molar-refractivity contribution is -0.138. The van der Waals surface area contributed by atoms with E-state index in [4.69, 9.17) is 4.74 Å². The molecule has 14 heteroatoms. The number of carbonyl (C=O) groups excluding carboxylic acids is 2. The van der Waals surface area contributed by atoms with Crippen LogP contribution >= 0.6 is 11.3 Å². The van der Waals surface area contributed by atoms with Gasteiger partial charge in [0, 0.05) is 74.1 Å². The number of benzene rings is 2. The number of carbonyl (C=O) groups is 2. The lowest BCUT2D eigenvalue weighted by Gasteiger charge is -2.29. The van der Waals surface area contributed by atoms with E-state index in [1.165, 1.54) is 13.2 Å². The number of aliphatic hydroxyl groups is 1. The molecule has 0 radical (unpaired) electrons. The van der Waals surface area contributed by atoms with Crippen LogP contribution in [0.15, 0.2) is 67.1 Å². The zero-order valence-corrected chi connectivity index (χ0v) is 27.0. The van der Waals surface area contributed by atoms with Crippen LogP contribution in [0.2, 0.25) is 0 Å². The first-order chi connectivity index (χ1) is 23.4. The highest BCUT2D eigenvalue weighted by Gasteiger charge is 2.45. The first kappa shape index (κ1) is 31.7. The van der Waals surface area contributed by atoms with Crippen molar-refractivity contribution < 1.29 is 23.8 Å². The van der Waals surface area contributed by atoms with E-state index in [2.05, 4.69) is 36.5 Å². The maximum absolute atomic E-state index is 14.0. The Morgan fingerprint density at radius 3 is 2.77 bits per heavy atom. The van der Waals surface area contributed by atoms with Gasteiger partial charge >= 0.3 is 0 Å². The van der Waals surface area contributed by atoms with E-state index in [0.717, 1.165) is 26.4 Å². The lowest BCUT2D eigenvalue weighted by atomic mass is 10.0. The number of aromatic amines is 1. The SMILES string of the molecule is CO[C@@]1(C(=O)Nc2ccc3[nH]nc(-c4ccc(F)c(CO)c4)c3c2)CCN(CC(=O)N2CC=C(c3ncc(-c4ncccn4)s3)CC2)C1. The van der Waals surface area contributed by atoms with Gasteiger partial charge in [-0.3, -0.25) is 19.6 Å². The fraction of sp³-hybridized carbons (Fsp3) is 0.294. The third-order valence-electron chi connectivity index (χ3n) is 8.91. The lowest BCUT2D eigenvalue weighted by Crippen LogP contribution is -2.48. The number of amides is 2. The average Bonchev–Trinajstić information content (AvgIpc) is 3.88. The second-order valence-electron chi connectivity index (χ2n) is 11.8. The third-order valence-corrected chi connectivity index (χ3v) is 9.98. The molecule has 0 aliphatic carbocycles. The topological polar surface area (TPSA) is 149 Å². The number of aliphatic hydroxyl groups excluding tert-OH is 1. The molecule has 0 saturated carbocycles. The number of thiazole rings is 1. The van der Waals surface area contributed by atoms with Gasteiger partial charge in [0.15, 0.2) is 11.4 Å². The average molecular weight is 669 g/mol. The summed E-state index contributed by atoms with van der Waals surface area (Å²) in [4.78, 5) is 44.8. The van der Waals surface area contributed by atoms with Gasteiger partial charge in [-0.05, 0) is 60.9 Å². The van der Waals surface area contributed by atoms with Gasteiger partial charge in [0.25, 0.3) is 5.91 Å². The van der Waals surface area contributed by atoms with Crippen LogP contribution in [0.25, 0.3) is 38.4 Å². The number of halogens is 1. The number of methoxy groups -OCH3 is 1. The molecule has 7 rings (SSSR count). The molecule has 1 atom stereocenters. The van der Waals surface area contributed by atoms with Gasteiger partial charge in [-0.15, -0.1) is 11.3 Å². The Hall–Kier alpha value is -4.89. The highest BCUT2D eigenvalue weighted by molar-refractivity contribution is 7.16. The second kappa shape index (κ2) is 13.3. The molecule has 1 fully saturated rings. The molecule has 5 heterocycles. The summed E-state index contributed by atoms with van der Waals surface area (Å²) >= 11 is 1.54. The van der Waals surface area contributed by atoms with Gasteiger partial charge in [-0.25, -0.2) is 19.3 Å². The molecule has 5 aromatic rings. The number of anilines is 1. The van der Waals surface area contributed by atoms with Crippen LogP contribution in [-0.4, -0.2) is 97.3 Å². The minimum Gasteiger partial charge on any atom is -0.392 e. The number of hydrogen-bond acceptors (Lipinski definition) is 10. The van der Waals surface area contributed by atoms with Gasteiger partial charge < -0.3 is 20.1 Å². The van der Waals surface area contributed by atoms with E-state index < -0.39 is 18.0 Å². The highest BCUT2D eigenvalue weighted by atomic mass is 32.1. The molecule has 3 N–H and O–H groups in total. The predicted octanol–water partition coefficient (Wildman–Crippen LogP) is 4.12. The molecule has 246 valence electrons. The zero-order valence-electron chi connectivity index (χ0n) is 26.1. The Bertz CT molecular complexity index is 2010. The van der Waals surface area contributed by atoms with Crippen LogP contribution in [-0.2, 0) is 20.9 Å². The summed E-state index contributed by atoms with van der Waals surface area (Å²) in [6.45, 7) is 1.65. The maximum Gasteiger partial charge on any atom is 0.258 e. The van der Waals surface area contributed by atoms with Crippen LogP contribution in [0.4, 0.5) is 10.1 Å². The van der Waals surface area contributed by atoms with Gasteiger partial charge in [-0.1, -0.05) is 6.08 Å². The van der Waals surface area contributed by atoms with Crippen LogP contribution in [0.5, 0.6) is 0 Å². The number of rotatable bonds is 9. The van der Waals surface area contributed by atoms with E-state index in [1.807, 2.05) is 9.80 Å². The van der Waals surface area contributed by atoms with Crippen molar-refractivity contribution in [1.82, 2.24) is 34.9 Å². The number of likely N-dealkylation sites (tertiary alicyclic amines) is 1. The number of fused-ring (bicyclic) bond motifs is 1. The smallest absolute Gasteiger partial charge is 0.258 e. The highest BCUT2D eigenvalue weighted by Crippen LogP contribution is 2.33.